The zero-order valence-electron chi connectivity index (χ0n) is 13.1. The molecule has 0 saturated heterocycles. The van der Waals surface area contributed by atoms with Crippen molar-refractivity contribution in [3.63, 3.8) is 0 Å². The van der Waals surface area contributed by atoms with E-state index in [9.17, 15) is 4.79 Å². The number of hydrogen-bond acceptors (Lipinski definition) is 4. The number of ether oxygens (including phenoxy) is 1. The molecule has 0 saturated carbocycles. The standard InChI is InChI=1S/C18H18N2O2S/c1-3-6-17(21)19-14-11-12(9-10-15(14)22-2)18-20-13-7-4-5-8-16(13)23-18/h4-5,7-11H,3,6H2,1-2H3,(H,19,21). The van der Waals surface area contributed by atoms with E-state index in [0.29, 0.717) is 17.9 Å². The van der Waals surface area contributed by atoms with Crippen LogP contribution < -0.4 is 10.1 Å². The topological polar surface area (TPSA) is 51.2 Å². The maximum absolute atomic E-state index is 11.9. The number of anilines is 1. The zero-order chi connectivity index (χ0) is 16.2. The van der Waals surface area contributed by atoms with Crippen LogP contribution in [0.25, 0.3) is 20.8 Å². The fourth-order valence-corrected chi connectivity index (χ4v) is 3.34. The van der Waals surface area contributed by atoms with Crippen molar-refractivity contribution in [2.75, 3.05) is 12.4 Å². The third-order valence-electron chi connectivity index (χ3n) is 3.49. The molecule has 0 radical (unpaired) electrons. The zero-order valence-corrected chi connectivity index (χ0v) is 13.9. The Bertz CT molecular complexity index is 809. The Balaban J connectivity index is 1.97. The molecular formula is C18H18N2O2S. The van der Waals surface area contributed by atoms with Crippen molar-refractivity contribution in [3.05, 3.63) is 42.5 Å². The fourth-order valence-electron chi connectivity index (χ4n) is 2.37. The molecule has 4 nitrogen and oxygen atoms in total. The van der Waals surface area contributed by atoms with Crippen molar-refractivity contribution in [3.8, 4) is 16.3 Å². The summed E-state index contributed by atoms with van der Waals surface area (Å²) in [5, 5.41) is 3.85. The van der Waals surface area contributed by atoms with Crippen LogP contribution in [0.1, 0.15) is 19.8 Å². The monoisotopic (exact) mass is 326 g/mol. The van der Waals surface area contributed by atoms with Crippen LogP contribution in [-0.2, 0) is 4.79 Å². The first-order valence-corrected chi connectivity index (χ1v) is 8.36. The van der Waals surface area contributed by atoms with Gasteiger partial charge in [0.25, 0.3) is 0 Å². The maximum atomic E-state index is 11.9. The molecule has 0 spiro atoms. The van der Waals surface area contributed by atoms with Crippen LogP contribution in [-0.4, -0.2) is 18.0 Å². The van der Waals surface area contributed by atoms with Gasteiger partial charge in [0, 0.05) is 12.0 Å². The van der Waals surface area contributed by atoms with Crippen molar-refractivity contribution in [1.29, 1.82) is 0 Å². The van der Waals surface area contributed by atoms with E-state index in [2.05, 4.69) is 16.4 Å². The number of para-hydroxylation sites is 1. The Kier molecular flexibility index (Phi) is 4.57. The van der Waals surface area contributed by atoms with E-state index >= 15 is 0 Å². The van der Waals surface area contributed by atoms with E-state index < -0.39 is 0 Å². The first-order valence-electron chi connectivity index (χ1n) is 7.55. The Morgan fingerprint density at radius 1 is 1.26 bits per heavy atom. The normalized spacial score (nSPS) is 10.7. The predicted molar refractivity (Wildman–Crippen MR) is 95.1 cm³/mol. The summed E-state index contributed by atoms with van der Waals surface area (Å²) in [4.78, 5) is 16.5. The van der Waals surface area contributed by atoms with Crippen molar-refractivity contribution < 1.29 is 9.53 Å². The van der Waals surface area contributed by atoms with Crippen molar-refractivity contribution in [2.45, 2.75) is 19.8 Å². The van der Waals surface area contributed by atoms with Crippen LogP contribution in [0.4, 0.5) is 5.69 Å². The minimum atomic E-state index is -0.00718. The second kappa shape index (κ2) is 6.79. The third kappa shape index (κ3) is 3.35. The Hall–Kier alpha value is -2.40. The lowest BCUT2D eigenvalue weighted by Gasteiger charge is -2.11. The van der Waals surface area contributed by atoms with Crippen LogP contribution in [0.5, 0.6) is 5.75 Å². The van der Waals surface area contributed by atoms with Crippen molar-refractivity contribution in [2.24, 2.45) is 0 Å². The molecule has 0 aliphatic rings. The third-order valence-corrected chi connectivity index (χ3v) is 4.58. The number of thiazole rings is 1. The van der Waals surface area contributed by atoms with Gasteiger partial charge in [0.15, 0.2) is 0 Å². The highest BCUT2D eigenvalue weighted by Crippen LogP contribution is 2.34. The summed E-state index contributed by atoms with van der Waals surface area (Å²) in [6, 6.07) is 13.8. The maximum Gasteiger partial charge on any atom is 0.224 e. The van der Waals surface area contributed by atoms with Crippen LogP contribution in [0.3, 0.4) is 0 Å². The lowest BCUT2D eigenvalue weighted by molar-refractivity contribution is -0.116. The van der Waals surface area contributed by atoms with Gasteiger partial charge in [-0.25, -0.2) is 4.98 Å². The molecule has 5 heteroatoms. The number of carbonyl (C=O) groups is 1. The smallest absolute Gasteiger partial charge is 0.224 e. The molecule has 0 bridgehead atoms. The minimum absolute atomic E-state index is 0.00718. The summed E-state index contributed by atoms with van der Waals surface area (Å²) in [5.74, 6) is 0.645. The highest BCUT2D eigenvalue weighted by Gasteiger charge is 2.11. The number of aromatic nitrogens is 1. The van der Waals surface area contributed by atoms with Gasteiger partial charge < -0.3 is 10.1 Å². The lowest BCUT2D eigenvalue weighted by atomic mass is 10.2. The summed E-state index contributed by atoms with van der Waals surface area (Å²) in [6.07, 6.45) is 1.31. The lowest BCUT2D eigenvalue weighted by Crippen LogP contribution is -2.11. The summed E-state index contributed by atoms with van der Waals surface area (Å²) >= 11 is 1.64. The van der Waals surface area contributed by atoms with Gasteiger partial charge >= 0.3 is 0 Å². The first kappa shape index (κ1) is 15.5. The van der Waals surface area contributed by atoms with E-state index in [1.165, 1.54) is 0 Å². The van der Waals surface area contributed by atoms with E-state index in [1.807, 2.05) is 43.3 Å². The number of carbonyl (C=O) groups excluding carboxylic acids is 1. The van der Waals surface area contributed by atoms with Gasteiger partial charge in [0.05, 0.1) is 23.0 Å². The minimum Gasteiger partial charge on any atom is -0.495 e. The Morgan fingerprint density at radius 3 is 2.83 bits per heavy atom. The van der Waals surface area contributed by atoms with Crippen molar-refractivity contribution >= 4 is 33.1 Å². The summed E-state index contributed by atoms with van der Waals surface area (Å²) in [6.45, 7) is 1.98. The number of nitrogens with zero attached hydrogens (tertiary/aromatic N) is 1. The predicted octanol–water partition coefficient (Wildman–Crippen LogP) is 4.71. The molecule has 2 aromatic carbocycles. The molecular weight excluding hydrogens is 308 g/mol. The van der Waals surface area contributed by atoms with Crippen LogP contribution in [0.2, 0.25) is 0 Å². The molecule has 0 aliphatic heterocycles. The molecule has 118 valence electrons. The average Bonchev–Trinajstić information content (AvgIpc) is 2.99. The summed E-state index contributed by atoms with van der Waals surface area (Å²) in [5.41, 5.74) is 2.64. The number of benzene rings is 2. The highest BCUT2D eigenvalue weighted by molar-refractivity contribution is 7.21. The second-order valence-electron chi connectivity index (χ2n) is 5.20. The van der Waals surface area contributed by atoms with Crippen LogP contribution in [0, 0.1) is 0 Å². The molecule has 1 aromatic heterocycles. The average molecular weight is 326 g/mol. The van der Waals surface area contributed by atoms with Gasteiger partial charge in [-0.3, -0.25) is 4.79 Å². The Morgan fingerprint density at radius 2 is 2.09 bits per heavy atom. The summed E-state index contributed by atoms with van der Waals surface area (Å²) < 4.78 is 6.49. The Labute approximate surface area is 139 Å². The highest BCUT2D eigenvalue weighted by atomic mass is 32.1. The summed E-state index contributed by atoms with van der Waals surface area (Å²) in [7, 11) is 1.60. The molecule has 0 aliphatic carbocycles. The van der Waals surface area contributed by atoms with Gasteiger partial charge in [0.1, 0.15) is 10.8 Å². The second-order valence-corrected chi connectivity index (χ2v) is 6.23. The molecule has 0 fully saturated rings. The molecule has 1 amide bonds. The fraction of sp³-hybridized carbons (Fsp3) is 0.222. The molecule has 1 heterocycles. The number of fused-ring (bicyclic) bond motifs is 1. The van der Waals surface area contributed by atoms with Gasteiger partial charge in [-0.1, -0.05) is 19.1 Å². The van der Waals surface area contributed by atoms with E-state index in [4.69, 9.17) is 4.74 Å². The molecule has 3 aromatic rings. The molecule has 0 unspecified atom stereocenters. The number of hydrogen-bond donors (Lipinski definition) is 1. The molecule has 3 rings (SSSR count). The van der Waals surface area contributed by atoms with Crippen molar-refractivity contribution in [1.82, 2.24) is 4.98 Å². The molecule has 1 N–H and O–H groups in total. The van der Waals surface area contributed by atoms with E-state index in [1.54, 1.807) is 18.4 Å². The quantitative estimate of drug-likeness (QED) is 0.738. The molecule has 0 atom stereocenters. The van der Waals surface area contributed by atoms with Gasteiger partial charge in [0.2, 0.25) is 5.91 Å². The largest absolute Gasteiger partial charge is 0.495 e. The first-order chi connectivity index (χ1) is 11.2. The van der Waals surface area contributed by atoms with Crippen LogP contribution >= 0.6 is 11.3 Å². The number of methoxy groups -OCH3 is 1. The van der Waals surface area contributed by atoms with Gasteiger partial charge in [-0.2, -0.15) is 0 Å². The van der Waals surface area contributed by atoms with Gasteiger partial charge in [-0.05, 0) is 36.8 Å². The van der Waals surface area contributed by atoms with E-state index in [0.717, 1.165) is 27.2 Å². The SMILES string of the molecule is CCCC(=O)Nc1cc(-c2nc3ccccc3s2)ccc1OC. The molecule has 23 heavy (non-hydrogen) atoms. The number of amides is 1. The van der Waals surface area contributed by atoms with Crippen LogP contribution in [0.15, 0.2) is 42.5 Å². The number of nitrogens with one attached hydrogen (secondary N) is 1. The van der Waals surface area contributed by atoms with E-state index in [-0.39, 0.29) is 5.91 Å². The number of rotatable bonds is 5. The van der Waals surface area contributed by atoms with Gasteiger partial charge in [-0.15, -0.1) is 11.3 Å².